The van der Waals surface area contributed by atoms with E-state index in [2.05, 4.69) is 15.3 Å². The first-order valence-electron chi connectivity index (χ1n) is 9.11. The molecule has 0 saturated heterocycles. The summed E-state index contributed by atoms with van der Waals surface area (Å²) in [6.07, 6.45) is 2.97. The maximum absolute atomic E-state index is 12.7. The number of aliphatic hydroxyl groups is 1. The van der Waals surface area contributed by atoms with E-state index < -0.39 is 29.9 Å². The van der Waals surface area contributed by atoms with Crippen LogP contribution in [0, 0.1) is 6.92 Å². The average molecular weight is 412 g/mol. The minimum Gasteiger partial charge on any atom is -0.511 e. The van der Waals surface area contributed by atoms with Crippen molar-refractivity contribution in [2.75, 3.05) is 13.1 Å². The Morgan fingerprint density at radius 2 is 1.90 bits per heavy atom. The number of rotatable bonds is 7. The van der Waals surface area contributed by atoms with Crippen LogP contribution < -0.4 is 10.1 Å². The molecule has 3 N–H and O–H groups in total. The van der Waals surface area contributed by atoms with Gasteiger partial charge in [-0.3, -0.25) is 19.4 Å². The molecule has 10 nitrogen and oxygen atoms in total. The number of benzene rings is 1. The van der Waals surface area contributed by atoms with Crippen LogP contribution in [0.15, 0.2) is 48.0 Å². The highest BCUT2D eigenvalue weighted by Crippen LogP contribution is 2.25. The normalized spacial score (nSPS) is 13.9. The smallest absolute Gasteiger partial charge is 0.322 e. The summed E-state index contributed by atoms with van der Waals surface area (Å²) in [6.45, 7) is 1.44. The summed E-state index contributed by atoms with van der Waals surface area (Å²) in [5.41, 5.74) is 0.964. The van der Waals surface area contributed by atoms with Crippen LogP contribution in [0.1, 0.15) is 17.7 Å². The average Bonchev–Trinajstić information content (AvgIpc) is 2.71. The summed E-state index contributed by atoms with van der Waals surface area (Å²) < 4.78 is 5.78. The van der Waals surface area contributed by atoms with Crippen LogP contribution in [0.3, 0.4) is 0 Å². The molecule has 1 aromatic heterocycles. The largest absolute Gasteiger partial charge is 0.511 e. The molecule has 0 atom stereocenters. The molecular formula is C20H20N4O6. The number of aromatic nitrogens is 2. The molecule has 2 heterocycles. The Labute approximate surface area is 171 Å². The molecule has 10 heteroatoms. The van der Waals surface area contributed by atoms with Crippen molar-refractivity contribution in [2.24, 2.45) is 0 Å². The van der Waals surface area contributed by atoms with Gasteiger partial charge >= 0.3 is 5.97 Å². The third kappa shape index (κ3) is 4.90. The molecular weight excluding hydrogens is 392 g/mol. The second-order valence-electron chi connectivity index (χ2n) is 6.60. The predicted molar refractivity (Wildman–Crippen MR) is 104 cm³/mol. The van der Waals surface area contributed by atoms with Crippen LogP contribution in [0.4, 0.5) is 0 Å². The molecule has 3 rings (SSSR count). The lowest BCUT2D eigenvalue weighted by molar-refractivity contribution is -0.138. The third-order valence-electron chi connectivity index (χ3n) is 4.35. The van der Waals surface area contributed by atoms with Gasteiger partial charge in [0, 0.05) is 25.4 Å². The van der Waals surface area contributed by atoms with Gasteiger partial charge in [-0.25, -0.2) is 4.98 Å². The molecule has 30 heavy (non-hydrogen) atoms. The fourth-order valence-corrected chi connectivity index (χ4v) is 2.82. The van der Waals surface area contributed by atoms with Gasteiger partial charge in [0.15, 0.2) is 0 Å². The SMILES string of the molecule is Cc1ccc(Oc2nccnc2CN2CCC(O)=C(C(=O)NCC(=O)O)C2=O)cc1. The van der Waals surface area contributed by atoms with E-state index in [1.165, 1.54) is 17.3 Å². The van der Waals surface area contributed by atoms with Gasteiger partial charge in [-0.05, 0) is 19.1 Å². The van der Waals surface area contributed by atoms with Gasteiger partial charge in [0.2, 0.25) is 5.88 Å². The Hall–Kier alpha value is -3.95. The first-order valence-corrected chi connectivity index (χ1v) is 9.11. The van der Waals surface area contributed by atoms with Crippen LogP contribution in [0.2, 0.25) is 0 Å². The van der Waals surface area contributed by atoms with E-state index in [9.17, 15) is 19.5 Å². The summed E-state index contributed by atoms with van der Waals surface area (Å²) in [5.74, 6) is -2.55. The number of aryl methyl sites for hydroxylation is 1. The monoisotopic (exact) mass is 412 g/mol. The minimum atomic E-state index is -1.26. The van der Waals surface area contributed by atoms with Gasteiger partial charge in [0.25, 0.3) is 11.8 Å². The number of carbonyl (C=O) groups is 3. The summed E-state index contributed by atoms with van der Waals surface area (Å²) >= 11 is 0. The Balaban J connectivity index is 1.77. The van der Waals surface area contributed by atoms with Gasteiger partial charge in [-0.1, -0.05) is 17.7 Å². The highest BCUT2D eigenvalue weighted by molar-refractivity contribution is 6.19. The molecule has 1 aliphatic heterocycles. The second-order valence-corrected chi connectivity index (χ2v) is 6.60. The first-order chi connectivity index (χ1) is 14.3. The molecule has 0 unspecified atom stereocenters. The molecule has 0 bridgehead atoms. The minimum absolute atomic E-state index is 0.00312. The Kier molecular flexibility index (Phi) is 6.26. The zero-order valence-corrected chi connectivity index (χ0v) is 16.2. The van der Waals surface area contributed by atoms with Crippen molar-refractivity contribution >= 4 is 17.8 Å². The van der Waals surface area contributed by atoms with Crippen LogP contribution in [-0.4, -0.2) is 56.0 Å². The highest BCUT2D eigenvalue weighted by atomic mass is 16.5. The first kappa shape index (κ1) is 20.8. The lowest BCUT2D eigenvalue weighted by Crippen LogP contribution is -2.43. The van der Waals surface area contributed by atoms with Gasteiger partial charge in [0.1, 0.15) is 29.3 Å². The fraction of sp³-hybridized carbons (Fsp3) is 0.250. The predicted octanol–water partition coefficient (Wildman–Crippen LogP) is 1.32. The molecule has 0 saturated carbocycles. The number of carboxylic acid groups (broad SMARTS) is 1. The zero-order valence-electron chi connectivity index (χ0n) is 16.2. The summed E-state index contributed by atoms with van der Waals surface area (Å²) in [7, 11) is 0. The number of aliphatic hydroxyl groups excluding tert-OH is 1. The van der Waals surface area contributed by atoms with Crippen molar-refractivity contribution in [3.8, 4) is 11.6 Å². The number of hydrogen-bond acceptors (Lipinski definition) is 7. The lowest BCUT2D eigenvalue weighted by Gasteiger charge is -2.28. The number of nitrogens with zero attached hydrogens (tertiary/aromatic N) is 3. The van der Waals surface area contributed by atoms with E-state index in [0.717, 1.165) is 5.56 Å². The van der Waals surface area contributed by atoms with Gasteiger partial charge in [0.05, 0.1) is 6.54 Å². The zero-order chi connectivity index (χ0) is 21.7. The second kappa shape index (κ2) is 9.03. The molecule has 0 aliphatic carbocycles. The molecule has 2 amide bonds. The van der Waals surface area contributed by atoms with E-state index in [1.54, 1.807) is 12.1 Å². The topological polar surface area (TPSA) is 142 Å². The molecule has 0 fully saturated rings. The highest BCUT2D eigenvalue weighted by Gasteiger charge is 2.33. The van der Waals surface area contributed by atoms with E-state index >= 15 is 0 Å². The molecule has 2 aromatic rings. The van der Waals surface area contributed by atoms with E-state index in [-0.39, 0.29) is 31.1 Å². The Bertz CT molecular complexity index is 1000. The van der Waals surface area contributed by atoms with E-state index in [4.69, 9.17) is 9.84 Å². The molecule has 156 valence electrons. The number of carboxylic acids is 1. The Morgan fingerprint density at radius 3 is 2.60 bits per heavy atom. The van der Waals surface area contributed by atoms with Crippen molar-refractivity contribution in [1.29, 1.82) is 0 Å². The maximum atomic E-state index is 12.7. The Morgan fingerprint density at radius 1 is 1.20 bits per heavy atom. The van der Waals surface area contributed by atoms with Gasteiger partial charge < -0.3 is 25.2 Å². The number of hydrogen-bond donors (Lipinski definition) is 3. The molecule has 1 aromatic carbocycles. The van der Waals surface area contributed by atoms with Crippen molar-refractivity contribution in [3.63, 3.8) is 0 Å². The summed E-state index contributed by atoms with van der Waals surface area (Å²) in [6, 6.07) is 7.33. The number of amides is 2. The summed E-state index contributed by atoms with van der Waals surface area (Å²) in [4.78, 5) is 45.3. The molecule has 0 spiro atoms. The van der Waals surface area contributed by atoms with Crippen LogP contribution in [0.25, 0.3) is 0 Å². The number of nitrogens with one attached hydrogen (secondary N) is 1. The summed E-state index contributed by atoms with van der Waals surface area (Å²) in [5, 5.41) is 20.8. The lowest BCUT2D eigenvalue weighted by atomic mass is 10.1. The van der Waals surface area contributed by atoms with E-state index in [0.29, 0.717) is 11.4 Å². The number of aliphatic carboxylic acids is 1. The number of ether oxygens (including phenoxy) is 1. The van der Waals surface area contributed by atoms with Crippen molar-refractivity contribution in [1.82, 2.24) is 20.2 Å². The quantitative estimate of drug-likeness (QED) is 0.578. The van der Waals surface area contributed by atoms with Crippen molar-refractivity contribution < 1.29 is 29.3 Å². The van der Waals surface area contributed by atoms with Gasteiger partial charge in [-0.2, -0.15) is 0 Å². The number of carbonyl (C=O) groups excluding carboxylic acids is 2. The van der Waals surface area contributed by atoms with Crippen molar-refractivity contribution in [3.05, 3.63) is 59.2 Å². The van der Waals surface area contributed by atoms with E-state index in [1.807, 2.05) is 19.1 Å². The van der Waals surface area contributed by atoms with Crippen LogP contribution >= 0.6 is 0 Å². The maximum Gasteiger partial charge on any atom is 0.322 e. The fourth-order valence-electron chi connectivity index (χ4n) is 2.82. The third-order valence-corrected chi connectivity index (χ3v) is 4.35. The van der Waals surface area contributed by atoms with Gasteiger partial charge in [-0.15, -0.1) is 0 Å². The van der Waals surface area contributed by atoms with Crippen LogP contribution in [-0.2, 0) is 20.9 Å². The van der Waals surface area contributed by atoms with Crippen molar-refractivity contribution in [2.45, 2.75) is 19.9 Å². The van der Waals surface area contributed by atoms with Crippen LogP contribution in [0.5, 0.6) is 11.6 Å². The molecule has 0 radical (unpaired) electrons. The molecule has 1 aliphatic rings. The standard InChI is InChI=1S/C20H20N4O6/c1-12-2-4-13(5-3-12)30-19-14(21-7-8-22-19)11-24-9-6-15(25)17(20(24)29)18(28)23-10-16(26)27/h2-5,7-8,25H,6,9-11H2,1H3,(H,23,28)(H,26,27).